The highest BCUT2D eigenvalue weighted by molar-refractivity contribution is 5.90. The summed E-state index contributed by atoms with van der Waals surface area (Å²) in [6.45, 7) is 0. The summed E-state index contributed by atoms with van der Waals surface area (Å²) in [5, 5.41) is 19.1. The fraction of sp³-hybridized carbons (Fsp3) is 0.174. The van der Waals surface area contributed by atoms with E-state index in [4.69, 9.17) is 15.0 Å². The number of rotatable bonds is 3. The fourth-order valence-electron chi connectivity index (χ4n) is 4.03. The molecule has 6 heteroatoms. The van der Waals surface area contributed by atoms with Crippen molar-refractivity contribution < 1.29 is 9.84 Å². The Hall–Kier alpha value is -3.69. The summed E-state index contributed by atoms with van der Waals surface area (Å²) in [6.07, 6.45) is 4.58. The van der Waals surface area contributed by atoms with E-state index in [0.717, 1.165) is 33.6 Å². The van der Waals surface area contributed by atoms with Crippen molar-refractivity contribution in [3.63, 3.8) is 0 Å². The topological polar surface area (TPSA) is 83.4 Å². The third-order valence-corrected chi connectivity index (χ3v) is 5.39. The van der Waals surface area contributed by atoms with Crippen LogP contribution in [-0.4, -0.2) is 32.7 Å². The maximum atomic E-state index is 10.0. The van der Waals surface area contributed by atoms with Gasteiger partial charge >= 0.3 is 6.01 Å². The molecule has 0 bridgehead atoms. The summed E-state index contributed by atoms with van der Waals surface area (Å²) < 4.78 is 7.32. The zero-order valence-electron chi connectivity index (χ0n) is 15.8. The Bertz CT molecular complexity index is 1270. The lowest BCUT2D eigenvalue weighted by Gasteiger charge is -2.14. The van der Waals surface area contributed by atoms with Crippen LogP contribution in [0.1, 0.15) is 16.7 Å². The van der Waals surface area contributed by atoms with Gasteiger partial charge in [-0.15, -0.1) is 0 Å². The minimum Gasteiger partial charge on any atom is -0.468 e. The Balaban J connectivity index is 1.78. The number of methoxy groups -OCH3 is 1. The number of aliphatic hydroxyl groups excluding tert-OH is 1. The maximum Gasteiger partial charge on any atom is 0.302 e. The molecule has 0 amide bonds. The third-order valence-electron chi connectivity index (χ3n) is 5.39. The number of benzene rings is 2. The van der Waals surface area contributed by atoms with Crippen LogP contribution in [0.2, 0.25) is 0 Å². The molecule has 1 atom stereocenters. The predicted molar refractivity (Wildman–Crippen MR) is 109 cm³/mol. The second-order valence-corrected chi connectivity index (χ2v) is 7.18. The van der Waals surface area contributed by atoms with Gasteiger partial charge in [-0.1, -0.05) is 30.3 Å². The largest absolute Gasteiger partial charge is 0.468 e. The molecule has 1 aliphatic rings. The van der Waals surface area contributed by atoms with Crippen LogP contribution < -0.4 is 4.74 Å². The minimum absolute atomic E-state index is 0.321. The molecule has 0 radical (unpaired) electrons. The van der Waals surface area contributed by atoms with E-state index in [9.17, 15) is 5.11 Å². The predicted octanol–water partition coefficient (Wildman–Crippen LogP) is 3.40. The van der Waals surface area contributed by atoms with Gasteiger partial charge in [0.25, 0.3) is 0 Å². The summed E-state index contributed by atoms with van der Waals surface area (Å²) >= 11 is 0. The number of aromatic nitrogens is 3. The zero-order chi connectivity index (χ0) is 20.0. The van der Waals surface area contributed by atoms with Crippen molar-refractivity contribution in [3.8, 4) is 34.5 Å². The van der Waals surface area contributed by atoms with Crippen LogP contribution in [0.4, 0.5) is 0 Å². The molecule has 1 aliphatic carbocycles. The van der Waals surface area contributed by atoms with E-state index in [1.807, 2.05) is 22.7 Å². The Morgan fingerprint density at radius 1 is 1.10 bits per heavy atom. The zero-order valence-corrected chi connectivity index (χ0v) is 15.8. The molecular formula is C23H18N4O2. The molecule has 0 aliphatic heterocycles. The molecule has 6 nitrogen and oxygen atoms in total. The van der Waals surface area contributed by atoms with Gasteiger partial charge in [0.15, 0.2) is 5.65 Å². The third kappa shape index (κ3) is 2.84. The number of aliphatic hydroxyl groups is 1. The number of fused-ring (bicyclic) bond motifs is 2. The van der Waals surface area contributed by atoms with Gasteiger partial charge in [-0.2, -0.15) is 10.2 Å². The highest BCUT2D eigenvalue weighted by atomic mass is 16.5. The molecule has 0 saturated heterocycles. The van der Waals surface area contributed by atoms with Crippen LogP contribution in [0.3, 0.4) is 0 Å². The van der Waals surface area contributed by atoms with Gasteiger partial charge in [-0.25, -0.2) is 4.98 Å². The van der Waals surface area contributed by atoms with E-state index in [1.165, 1.54) is 5.56 Å². The maximum absolute atomic E-state index is 10.0. The summed E-state index contributed by atoms with van der Waals surface area (Å²) in [5.41, 5.74) is 7.17. The van der Waals surface area contributed by atoms with Gasteiger partial charge in [-0.3, -0.25) is 4.40 Å². The van der Waals surface area contributed by atoms with Crippen molar-refractivity contribution in [2.75, 3.05) is 7.11 Å². The molecule has 29 heavy (non-hydrogen) atoms. The smallest absolute Gasteiger partial charge is 0.302 e. The van der Waals surface area contributed by atoms with Crippen molar-refractivity contribution in [3.05, 3.63) is 71.5 Å². The van der Waals surface area contributed by atoms with Crippen LogP contribution in [0.5, 0.6) is 6.01 Å². The molecule has 4 aromatic rings. The molecule has 0 spiro atoms. The minimum atomic E-state index is -0.321. The van der Waals surface area contributed by atoms with Gasteiger partial charge in [0.1, 0.15) is 0 Å². The lowest BCUT2D eigenvalue weighted by molar-refractivity contribution is 0.187. The number of nitriles is 1. The number of hydrogen-bond donors (Lipinski definition) is 1. The van der Waals surface area contributed by atoms with Gasteiger partial charge in [0, 0.05) is 18.0 Å². The second kappa shape index (κ2) is 6.73. The standard InChI is InChI=1S/C23H18N4O2/c1-29-23-26-21(15-4-2-14(13-24)3-5-15)20(22-25-8-9-27(22)23)17-7-6-16-11-19(28)12-18(16)10-17/h2-10,19,28H,11-12H2,1H3. The van der Waals surface area contributed by atoms with Crippen molar-refractivity contribution in [1.29, 1.82) is 5.26 Å². The number of hydrogen-bond acceptors (Lipinski definition) is 5. The molecule has 1 N–H and O–H groups in total. The lowest BCUT2D eigenvalue weighted by atomic mass is 9.96. The molecule has 0 saturated carbocycles. The summed E-state index contributed by atoms with van der Waals surface area (Å²) in [7, 11) is 1.58. The van der Waals surface area contributed by atoms with Gasteiger partial charge in [0.05, 0.1) is 36.1 Å². The summed E-state index contributed by atoms with van der Waals surface area (Å²) in [4.78, 5) is 9.34. The second-order valence-electron chi connectivity index (χ2n) is 7.18. The Labute approximate surface area is 167 Å². The Morgan fingerprint density at radius 2 is 1.86 bits per heavy atom. The molecule has 2 heterocycles. The normalized spacial score (nSPS) is 15.3. The number of nitrogens with zero attached hydrogens (tertiary/aromatic N) is 4. The van der Waals surface area contributed by atoms with E-state index in [-0.39, 0.29) is 6.10 Å². The first-order valence-electron chi connectivity index (χ1n) is 9.39. The first-order valence-corrected chi connectivity index (χ1v) is 9.39. The molecular weight excluding hydrogens is 364 g/mol. The Kier molecular flexibility index (Phi) is 4.04. The van der Waals surface area contributed by atoms with Crippen LogP contribution in [0.15, 0.2) is 54.9 Å². The van der Waals surface area contributed by atoms with Gasteiger partial charge < -0.3 is 9.84 Å². The molecule has 1 unspecified atom stereocenters. The average molecular weight is 382 g/mol. The van der Waals surface area contributed by atoms with E-state index >= 15 is 0 Å². The molecule has 2 aromatic heterocycles. The fourth-order valence-corrected chi connectivity index (χ4v) is 4.03. The van der Waals surface area contributed by atoms with Crippen LogP contribution in [0.25, 0.3) is 28.0 Å². The van der Waals surface area contributed by atoms with Crippen LogP contribution >= 0.6 is 0 Å². The highest BCUT2D eigenvalue weighted by Gasteiger charge is 2.23. The SMILES string of the molecule is COc1nc(-c2ccc(C#N)cc2)c(-c2ccc3c(c2)CC(O)C3)c2nccn12. The monoisotopic (exact) mass is 382 g/mol. The molecule has 0 fully saturated rings. The van der Waals surface area contributed by atoms with Crippen LogP contribution in [-0.2, 0) is 12.8 Å². The van der Waals surface area contributed by atoms with Crippen molar-refractivity contribution in [2.45, 2.75) is 18.9 Å². The summed E-state index contributed by atoms with van der Waals surface area (Å²) in [5.74, 6) is 0. The quantitative estimate of drug-likeness (QED) is 0.587. The van der Waals surface area contributed by atoms with Crippen molar-refractivity contribution >= 4 is 5.65 Å². The van der Waals surface area contributed by atoms with E-state index in [2.05, 4.69) is 29.3 Å². The van der Waals surface area contributed by atoms with Gasteiger partial charge in [0.2, 0.25) is 0 Å². The van der Waals surface area contributed by atoms with Gasteiger partial charge in [-0.05, 0) is 41.7 Å². The van der Waals surface area contributed by atoms with E-state index in [0.29, 0.717) is 24.4 Å². The lowest BCUT2D eigenvalue weighted by Crippen LogP contribution is -2.03. The first-order chi connectivity index (χ1) is 14.2. The average Bonchev–Trinajstić information content (AvgIpc) is 3.38. The van der Waals surface area contributed by atoms with Crippen LogP contribution in [0, 0.1) is 11.3 Å². The number of ether oxygens (including phenoxy) is 1. The van der Waals surface area contributed by atoms with E-state index < -0.39 is 0 Å². The number of imidazole rings is 1. The first kappa shape index (κ1) is 17.4. The Morgan fingerprint density at radius 3 is 2.62 bits per heavy atom. The van der Waals surface area contributed by atoms with Crippen molar-refractivity contribution in [1.82, 2.24) is 14.4 Å². The van der Waals surface area contributed by atoms with Crippen molar-refractivity contribution in [2.24, 2.45) is 0 Å². The molecule has 2 aromatic carbocycles. The van der Waals surface area contributed by atoms with E-state index in [1.54, 1.807) is 25.4 Å². The molecule has 142 valence electrons. The highest BCUT2D eigenvalue weighted by Crippen LogP contribution is 2.37. The molecule has 5 rings (SSSR count). The summed E-state index contributed by atoms with van der Waals surface area (Å²) in [6, 6.07) is 16.2.